The Labute approximate surface area is 157 Å². The first-order valence-electron chi connectivity index (χ1n) is 9.47. The highest BCUT2D eigenvalue weighted by atomic mass is 16.4. The Hall–Kier alpha value is -1.63. The van der Waals surface area contributed by atoms with E-state index in [1.807, 2.05) is 39.6 Å². The molecule has 0 aliphatic rings. The number of unbranched alkanes of at least 4 members (excludes halogenated alkanes) is 1. The second-order valence-electron chi connectivity index (χ2n) is 7.72. The first-order chi connectivity index (χ1) is 12.0. The number of nitrogens with two attached hydrogens (primary N) is 1. The number of nitrogens with zero attached hydrogens (tertiary/aromatic N) is 2. The van der Waals surface area contributed by atoms with Gasteiger partial charge in [-0.15, -0.1) is 0 Å². The lowest BCUT2D eigenvalue weighted by Crippen LogP contribution is -2.42. The molecule has 2 atom stereocenters. The van der Waals surface area contributed by atoms with E-state index in [0.29, 0.717) is 19.4 Å². The number of likely N-dealkylation sites (N-methyl/N-ethyl adjacent to an activating group) is 1. The Morgan fingerprint density at radius 2 is 1.58 bits per heavy atom. The average Bonchev–Trinajstić information content (AvgIpc) is 2.52. The maximum atomic E-state index is 12.6. The van der Waals surface area contributed by atoms with Crippen molar-refractivity contribution in [2.45, 2.75) is 71.9 Å². The van der Waals surface area contributed by atoms with Gasteiger partial charge in [-0.2, -0.15) is 0 Å². The molecule has 0 aliphatic carbocycles. The number of amides is 2. The summed E-state index contributed by atoms with van der Waals surface area (Å²) in [6.45, 7) is 8.46. The Balaban J connectivity index is 4.49. The SMILES string of the molecule is CC(C)[C@H](CCC(N)=O)C(=O)N(C)CCCC[C@@H](C(=O)O)N(C)C(C)C. The topological polar surface area (TPSA) is 104 Å². The maximum Gasteiger partial charge on any atom is 0.320 e. The molecule has 26 heavy (non-hydrogen) atoms. The van der Waals surface area contributed by atoms with Gasteiger partial charge in [-0.3, -0.25) is 19.3 Å². The standard InChI is InChI=1S/C19H37N3O4/c1-13(2)15(10-11-17(20)23)18(24)21(5)12-8-7-9-16(19(25)26)22(6)14(3)4/h13-16H,7-12H2,1-6H3,(H2,20,23)(H,25,26)/t15-,16-/m0/s1. The second-order valence-corrected chi connectivity index (χ2v) is 7.72. The molecule has 0 spiro atoms. The maximum absolute atomic E-state index is 12.6. The molecular formula is C19H37N3O4. The zero-order valence-corrected chi connectivity index (χ0v) is 17.2. The summed E-state index contributed by atoms with van der Waals surface area (Å²) in [7, 11) is 3.59. The average molecular weight is 372 g/mol. The van der Waals surface area contributed by atoms with Crippen LogP contribution in [0.4, 0.5) is 0 Å². The van der Waals surface area contributed by atoms with Crippen LogP contribution < -0.4 is 5.73 Å². The van der Waals surface area contributed by atoms with Crippen LogP contribution in [0.2, 0.25) is 0 Å². The lowest BCUT2D eigenvalue weighted by Gasteiger charge is -2.29. The first kappa shape index (κ1) is 24.4. The molecular weight excluding hydrogens is 334 g/mol. The summed E-state index contributed by atoms with van der Waals surface area (Å²) in [6, 6.07) is -0.340. The predicted molar refractivity (Wildman–Crippen MR) is 103 cm³/mol. The molecule has 0 bridgehead atoms. The van der Waals surface area contributed by atoms with Crippen LogP contribution in [0.15, 0.2) is 0 Å². The Bertz CT molecular complexity index is 466. The molecule has 0 aromatic carbocycles. The van der Waals surface area contributed by atoms with Gasteiger partial charge in [-0.1, -0.05) is 13.8 Å². The molecule has 0 saturated carbocycles. The Morgan fingerprint density at radius 1 is 1.00 bits per heavy atom. The third-order valence-corrected chi connectivity index (χ3v) is 5.01. The minimum atomic E-state index is -0.808. The van der Waals surface area contributed by atoms with Crippen LogP contribution in [0.1, 0.15) is 59.8 Å². The van der Waals surface area contributed by atoms with E-state index in [0.717, 1.165) is 12.8 Å². The molecule has 0 unspecified atom stereocenters. The van der Waals surface area contributed by atoms with Gasteiger partial charge < -0.3 is 15.7 Å². The van der Waals surface area contributed by atoms with Crippen molar-refractivity contribution < 1.29 is 19.5 Å². The van der Waals surface area contributed by atoms with Crippen molar-refractivity contribution in [3.63, 3.8) is 0 Å². The quantitative estimate of drug-likeness (QED) is 0.482. The van der Waals surface area contributed by atoms with Gasteiger partial charge in [-0.25, -0.2) is 0 Å². The van der Waals surface area contributed by atoms with Crippen molar-refractivity contribution in [3.05, 3.63) is 0 Å². The Kier molecular flexibility index (Phi) is 11.1. The van der Waals surface area contributed by atoms with Crippen molar-refractivity contribution in [2.75, 3.05) is 20.6 Å². The van der Waals surface area contributed by atoms with Crippen molar-refractivity contribution >= 4 is 17.8 Å². The summed E-state index contributed by atoms with van der Waals surface area (Å²) in [4.78, 5) is 38.6. The van der Waals surface area contributed by atoms with Crippen LogP contribution in [0.3, 0.4) is 0 Å². The first-order valence-corrected chi connectivity index (χ1v) is 9.47. The number of carboxylic acid groups (broad SMARTS) is 1. The van der Waals surface area contributed by atoms with Gasteiger partial charge in [0, 0.05) is 32.0 Å². The fraction of sp³-hybridized carbons (Fsp3) is 0.842. The van der Waals surface area contributed by atoms with Crippen molar-refractivity contribution in [1.82, 2.24) is 9.80 Å². The third kappa shape index (κ3) is 8.65. The molecule has 0 fully saturated rings. The Morgan fingerprint density at radius 3 is 2.00 bits per heavy atom. The van der Waals surface area contributed by atoms with E-state index in [4.69, 9.17) is 5.73 Å². The molecule has 0 aromatic rings. The van der Waals surface area contributed by atoms with Gasteiger partial charge in [-0.05, 0) is 52.5 Å². The number of primary amides is 1. The smallest absolute Gasteiger partial charge is 0.320 e. The van der Waals surface area contributed by atoms with Crippen LogP contribution in [0.25, 0.3) is 0 Å². The lowest BCUT2D eigenvalue weighted by atomic mass is 9.89. The molecule has 0 rings (SSSR count). The van der Waals surface area contributed by atoms with Crippen LogP contribution >= 0.6 is 0 Å². The summed E-state index contributed by atoms with van der Waals surface area (Å²) < 4.78 is 0. The van der Waals surface area contributed by atoms with Crippen molar-refractivity contribution in [3.8, 4) is 0 Å². The number of carbonyl (C=O) groups excluding carboxylic acids is 2. The van der Waals surface area contributed by atoms with E-state index >= 15 is 0 Å². The van der Waals surface area contributed by atoms with Crippen LogP contribution in [0.5, 0.6) is 0 Å². The highest BCUT2D eigenvalue weighted by molar-refractivity contribution is 5.80. The van der Waals surface area contributed by atoms with Gasteiger partial charge in [0.25, 0.3) is 0 Å². The van der Waals surface area contributed by atoms with Gasteiger partial charge in [0.05, 0.1) is 0 Å². The van der Waals surface area contributed by atoms with E-state index < -0.39 is 12.0 Å². The monoisotopic (exact) mass is 371 g/mol. The van der Waals surface area contributed by atoms with Gasteiger partial charge >= 0.3 is 5.97 Å². The van der Waals surface area contributed by atoms with E-state index in [1.165, 1.54) is 0 Å². The summed E-state index contributed by atoms with van der Waals surface area (Å²) in [5, 5.41) is 9.38. The molecule has 7 nitrogen and oxygen atoms in total. The number of rotatable bonds is 13. The number of hydrogen-bond donors (Lipinski definition) is 2. The van der Waals surface area contributed by atoms with Crippen LogP contribution in [-0.2, 0) is 14.4 Å². The fourth-order valence-corrected chi connectivity index (χ4v) is 2.98. The van der Waals surface area contributed by atoms with Crippen molar-refractivity contribution in [2.24, 2.45) is 17.6 Å². The molecule has 0 saturated heterocycles. The van der Waals surface area contributed by atoms with E-state index in [2.05, 4.69) is 0 Å². The van der Waals surface area contributed by atoms with Gasteiger partial charge in [0.15, 0.2) is 0 Å². The molecule has 3 N–H and O–H groups in total. The predicted octanol–water partition coefficient (Wildman–Crippen LogP) is 1.95. The van der Waals surface area contributed by atoms with E-state index in [1.54, 1.807) is 11.9 Å². The number of aliphatic carboxylic acids is 1. The van der Waals surface area contributed by atoms with Crippen LogP contribution in [-0.4, -0.2) is 65.4 Å². The second kappa shape index (κ2) is 11.9. The zero-order valence-electron chi connectivity index (χ0n) is 17.2. The molecule has 7 heteroatoms. The number of carbonyl (C=O) groups is 3. The minimum absolute atomic E-state index is 0.0235. The van der Waals surface area contributed by atoms with Gasteiger partial charge in [0.1, 0.15) is 6.04 Å². The molecule has 0 aliphatic heterocycles. The largest absolute Gasteiger partial charge is 0.480 e. The number of carboxylic acids is 1. The summed E-state index contributed by atoms with van der Waals surface area (Å²) >= 11 is 0. The highest BCUT2D eigenvalue weighted by Crippen LogP contribution is 2.20. The summed E-state index contributed by atoms with van der Waals surface area (Å²) in [5.41, 5.74) is 5.20. The molecule has 152 valence electrons. The molecule has 2 amide bonds. The zero-order chi connectivity index (χ0) is 20.4. The third-order valence-electron chi connectivity index (χ3n) is 5.01. The van der Waals surface area contributed by atoms with Crippen molar-refractivity contribution in [1.29, 1.82) is 0 Å². The number of hydrogen-bond acceptors (Lipinski definition) is 4. The molecule has 0 radical (unpaired) electrons. The van der Waals surface area contributed by atoms with Crippen LogP contribution in [0, 0.1) is 11.8 Å². The summed E-state index contributed by atoms with van der Waals surface area (Å²) in [5.74, 6) is -1.25. The molecule has 0 aromatic heterocycles. The highest BCUT2D eigenvalue weighted by Gasteiger charge is 2.26. The van der Waals surface area contributed by atoms with E-state index in [-0.39, 0.29) is 36.1 Å². The van der Waals surface area contributed by atoms with Gasteiger partial charge in [0.2, 0.25) is 11.8 Å². The minimum Gasteiger partial charge on any atom is -0.480 e. The van der Waals surface area contributed by atoms with E-state index in [9.17, 15) is 19.5 Å². The molecule has 0 heterocycles. The fourth-order valence-electron chi connectivity index (χ4n) is 2.98. The summed E-state index contributed by atoms with van der Waals surface area (Å²) in [6.07, 6.45) is 2.72. The normalized spacial score (nSPS) is 13.9. The lowest BCUT2D eigenvalue weighted by molar-refractivity contribution is -0.144.